The van der Waals surface area contributed by atoms with E-state index in [1.807, 2.05) is 42.5 Å². The van der Waals surface area contributed by atoms with Gasteiger partial charge in [0.1, 0.15) is 5.75 Å². The number of rotatable bonds is 8. The van der Waals surface area contributed by atoms with Crippen LogP contribution in [-0.4, -0.2) is 26.7 Å². The summed E-state index contributed by atoms with van der Waals surface area (Å²) in [4.78, 5) is 11.6. The van der Waals surface area contributed by atoms with Gasteiger partial charge in [-0.05, 0) is 29.3 Å². The second kappa shape index (κ2) is 9.49. The topological polar surface area (TPSA) is 72.5 Å². The van der Waals surface area contributed by atoms with E-state index < -0.39 is 33.0 Å². The van der Waals surface area contributed by atoms with Gasteiger partial charge in [0.2, 0.25) is 9.84 Å². The molecular formula is C22H19F2NO4S. The van der Waals surface area contributed by atoms with Crippen molar-refractivity contribution in [3.05, 3.63) is 90.0 Å². The number of ether oxygens (including phenoxy) is 1. The molecule has 3 rings (SSSR count). The highest BCUT2D eigenvalue weighted by molar-refractivity contribution is 7.91. The third-order valence-corrected chi connectivity index (χ3v) is 5.71. The first kappa shape index (κ1) is 21.4. The van der Waals surface area contributed by atoms with Gasteiger partial charge in [0.15, 0.2) is 6.61 Å². The molecule has 0 saturated carbocycles. The SMILES string of the molecule is O=C(COc1ccccc1Cc1ccccc1)Nc1ccccc1S(=O)(=O)C(F)F. The highest BCUT2D eigenvalue weighted by Crippen LogP contribution is 2.26. The molecule has 0 radical (unpaired) electrons. The van der Waals surface area contributed by atoms with Gasteiger partial charge in [0.25, 0.3) is 5.91 Å². The summed E-state index contributed by atoms with van der Waals surface area (Å²) in [6.45, 7) is -0.408. The maximum absolute atomic E-state index is 12.9. The first-order chi connectivity index (χ1) is 14.4. The summed E-state index contributed by atoms with van der Waals surface area (Å²) in [7, 11) is -4.85. The lowest BCUT2D eigenvalue weighted by Gasteiger charge is -2.13. The summed E-state index contributed by atoms with van der Waals surface area (Å²) in [5.74, 6) is -3.75. The largest absolute Gasteiger partial charge is 0.483 e. The fourth-order valence-electron chi connectivity index (χ4n) is 2.85. The van der Waals surface area contributed by atoms with Gasteiger partial charge >= 0.3 is 5.76 Å². The first-order valence-electron chi connectivity index (χ1n) is 9.03. The maximum atomic E-state index is 12.9. The smallest absolute Gasteiger partial charge is 0.341 e. The van der Waals surface area contributed by atoms with E-state index in [0.29, 0.717) is 12.2 Å². The van der Waals surface area contributed by atoms with Crippen LogP contribution in [0.4, 0.5) is 14.5 Å². The van der Waals surface area contributed by atoms with Gasteiger partial charge in [-0.2, -0.15) is 8.78 Å². The van der Waals surface area contributed by atoms with E-state index >= 15 is 0 Å². The van der Waals surface area contributed by atoms with Crippen molar-refractivity contribution in [3.8, 4) is 5.75 Å². The zero-order valence-corrected chi connectivity index (χ0v) is 16.6. The number of para-hydroxylation sites is 2. The number of sulfone groups is 1. The fraction of sp³-hybridized carbons (Fsp3) is 0.136. The molecule has 0 unspecified atom stereocenters. The number of amides is 1. The molecule has 5 nitrogen and oxygen atoms in total. The zero-order chi connectivity index (χ0) is 21.6. The Morgan fingerprint density at radius 1 is 0.900 bits per heavy atom. The van der Waals surface area contributed by atoms with Gasteiger partial charge < -0.3 is 10.1 Å². The van der Waals surface area contributed by atoms with E-state index in [4.69, 9.17) is 4.74 Å². The number of carbonyl (C=O) groups excluding carboxylic acids is 1. The van der Waals surface area contributed by atoms with Crippen LogP contribution < -0.4 is 10.1 Å². The lowest BCUT2D eigenvalue weighted by atomic mass is 10.0. The summed E-state index contributed by atoms with van der Waals surface area (Å²) in [6, 6.07) is 22.0. The predicted molar refractivity (Wildman–Crippen MR) is 109 cm³/mol. The van der Waals surface area contributed by atoms with Crippen LogP contribution in [0.15, 0.2) is 83.8 Å². The minimum absolute atomic E-state index is 0.219. The molecule has 3 aromatic rings. The number of hydrogen-bond donors (Lipinski definition) is 1. The molecule has 0 aromatic heterocycles. The van der Waals surface area contributed by atoms with Gasteiger partial charge in [-0.15, -0.1) is 0 Å². The number of halogens is 2. The van der Waals surface area contributed by atoms with Gasteiger partial charge in [-0.3, -0.25) is 4.79 Å². The summed E-state index contributed by atoms with van der Waals surface area (Å²) >= 11 is 0. The van der Waals surface area contributed by atoms with E-state index in [1.54, 1.807) is 12.1 Å². The van der Waals surface area contributed by atoms with Crippen molar-refractivity contribution in [1.29, 1.82) is 0 Å². The van der Waals surface area contributed by atoms with E-state index in [0.717, 1.165) is 17.2 Å². The predicted octanol–water partition coefficient (Wildman–Crippen LogP) is 4.29. The lowest BCUT2D eigenvalue weighted by molar-refractivity contribution is -0.118. The minimum Gasteiger partial charge on any atom is -0.483 e. The Labute approximate surface area is 173 Å². The highest BCUT2D eigenvalue weighted by Gasteiger charge is 2.29. The number of carbonyl (C=O) groups is 1. The van der Waals surface area contributed by atoms with Gasteiger partial charge in [0, 0.05) is 6.42 Å². The monoisotopic (exact) mass is 431 g/mol. The Balaban J connectivity index is 1.70. The van der Waals surface area contributed by atoms with Crippen LogP contribution in [-0.2, 0) is 21.1 Å². The molecule has 8 heteroatoms. The van der Waals surface area contributed by atoms with Crippen LogP contribution in [0.25, 0.3) is 0 Å². The van der Waals surface area contributed by atoms with Crippen molar-refractivity contribution < 1.29 is 26.7 Å². The summed E-state index contributed by atoms with van der Waals surface area (Å²) < 4.78 is 55.0. The third kappa shape index (κ3) is 5.21. The molecule has 156 valence electrons. The summed E-state index contributed by atoms with van der Waals surface area (Å²) in [5, 5.41) is 2.33. The second-order valence-electron chi connectivity index (χ2n) is 6.41. The van der Waals surface area contributed by atoms with E-state index in [1.165, 1.54) is 18.2 Å². The van der Waals surface area contributed by atoms with Crippen LogP contribution >= 0.6 is 0 Å². The molecule has 0 aliphatic rings. The number of alkyl halides is 2. The van der Waals surface area contributed by atoms with Crippen molar-refractivity contribution in [2.75, 3.05) is 11.9 Å². The van der Waals surface area contributed by atoms with Crippen molar-refractivity contribution in [2.24, 2.45) is 0 Å². The molecule has 0 bridgehead atoms. The van der Waals surface area contributed by atoms with Crippen LogP contribution in [0, 0.1) is 0 Å². The molecule has 0 saturated heterocycles. The summed E-state index contributed by atoms with van der Waals surface area (Å²) in [6.07, 6.45) is 0.605. The number of hydrogen-bond acceptors (Lipinski definition) is 4. The Kier molecular flexibility index (Phi) is 6.79. The molecule has 0 heterocycles. The summed E-state index contributed by atoms with van der Waals surface area (Å²) in [5.41, 5.74) is 1.73. The number of anilines is 1. The van der Waals surface area contributed by atoms with E-state index in [-0.39, 0.29) is 5.69 Å². The zero-order valence-electron chi connectivity index (χ0n) is 15.8. The number of nitrogens with one attached hydrogen (secondary N) is 1. The highest BCUT2D eigenvalue weighted by atomic mass is 32.2. The molecule has 1 amide bonds. The number of benzene rings is 3. The molecule has 0 aliphatic heterocycles. The molecular weight excluding hydrogens is 412 g/mol. The third-order valence-electron chi connectivity index (χ3n) is 4.27. The Morgan fingerprint density at radius 3 is 2.27 bits per heavy atom. The normalized spacial score (nSPS) is 11.3. The first-order valence-corrected chi connectivity index (χ1v) is 10.6. The van der Waals surface area contributed by atoms with Crippen molar-refractivity contribution in [3.63, 3.8) is 0 Å². The van der Waals surface area contributed by atoms with Crippen molar-refractivity contribution >= 4 is 21.4 Å². The average molecular weight is 431 g/mol. The van der Waals surface area contributed by atoms with Gasteiger partial charge in [-0.25, -0.2) is 8.42 Å². The van der Waals surface area contributed by atoms with Crippen LogP contribution in [0.5, 0.6) is 5.75 Å². The van der Waals surface area contributed by atoms with Crippen LogP contribution in [0.3, 0.4) is 0 Å². The Hall–Kier alpha value is -3.26. The van der Waals surface area contributed by atoms with Crippen molar-refractivity contribution in [2.45, 2.75) is 17.1 Å². The van der Waals surface area contributed by atoms with Crippen LogP contribution in [0.1, 0.15) is 11.1 Å². The van der Waals surface area contributed by atoms with E-state index in [9.17, 15) is 22.0 Å². The fourth-order valence-corrected chi connectivity index (χ4v) is 3.74. The lowest BCUT2D eigenvalue weighted by Crippen LogP contribution is -2.22. The van der Waals surface area contributed by atoms with E-state index in [2.05, 4.69) is 5.32 Å². The van der Waals surface area contributed by atoms with Gasteiger partial charge in [0.05, 0.1) is 10.6 Å². The second-order valence-corrected chi connectivity index (χ2v) is 8.29. The molecule has 0 aliphatic carbocycles. The Bertz CT molecular complexity index is 1120. The molecule has 3 aromatic carbocycles. The Morgan fingerprint density at radius 2 is 1.53 bits per heavy atom. The molecule has 30 heavy (non-hydrogen) atoms. The molecule has 0 spiro atoms. The average Bonchev–Trinajstić information content (AvgIpc) is 2.74. The standard InChI is InChI=1S/C22H19F2NO4S/c23-22(24)30(27,28)20-13-7-5-11-18(20)25-21(26)15-29-19-12-6-4-10-17(19)14-16-8-2-1-3-9-16/h1-13,22H,14-15H2,(H,25,26). The maximum Gasteiger partial charge on any atom is 0.341 e. The molecule has 0 fully saturated rings. The van der Waals surface area contributed by atoms with Crippen LogP contribution in [0.2, 0.25) is 0 Å². The molecule has 1 N–H and O–H groups in total. The minimum atomic E-state index is -4.85. The van der Waals surface area contributed by atoms with Crippen molar-refractivity contribution in [1.82, 2.24) is 0 Å². The van der Waals surface area contributed by atoms with Gasteiger partial charge in [-0.1, -0.05) is 60.7 Å². The molecule has 0 atom stereocenters. The quantitative estimate of drug-likeness (QED) is 0.578.